The molecule has 0 saturated heterocycles. The molecular weight excluding hydrogens is 486 g/mol. The predicted molar refractivity (Wildman–Crippen MR) is 127 cm³/mol. The molecule has 0 spiro atoms. The van der Waals surface area contributed by atoms with E-state index in [-0.39, 0.29) is 44.3 Å². The third kappa shape index (κ3) is 4.03. The number of sulfone groups is 1. The summed E-state index contributed by atoms with van der Waals surface area (Å²) in [6, 6.07) is 9.48. The number of benzene rings is 2. The summed E-state index contributed by atoms with van der Waals surface area (Å²) in [6.45, 7) is 6.42. The number of carbonyl (C=O) groups excluding carboxylic acids is 4. The number of esters is 2. The maximum Gasteiger partial charge on any atom is 0.340 e. The van der Waals surface area contributed by atoms with Gasteiger partial charge in [0.05, 0.1) is 33.2 Å². The highest BCUT2D eigenvalue weighted by molar-refractivity contribution is 7.91. The monoisotopic (exact) mass is 509 g/mol. The van der Waals surface area contributed by atoms with Gasteiger partial charge in [-0.3, -0.25) is 9.59 Å². The highest BCUT2D eigenvalue weighted by atomic mass is 32.2. The molecule has 1 aliphatic heterocycles. The molecule has 2 heterocycles. The summed E-state index contributed by atoms with van der Waals surface area (Å²) >= 11 is 0. The zero-order chi connectivity index (χ0) is 26.4. The van der Waals surface area contributed by atoms with Crippen LogP contribution in [0.1, 0.15) is 72.2 Å². The topological polar surface area (TPSA) is 137 Å². The Kier molecular flexibility index (Phi) is 6.40. The van der Waals surface area contributed by atoms with E-state index in [1.807, 2.05) is 0 Å². The summed E-state index contributed by atoms with van der Waals surface area (Å²) in [7, 11) is -4.04. The van der Waals surface area contributed by atoms with Crippen LogP contribution < -0.4 is 0 Å². The van der Waals surface area contributed by atoms with Gasteiger partial charge in [-0.15, -0.1) is 0 Å². The van der Waals surface area contributed by atoms with Crippen LogP contribution in [0.15, 0.2) is 52.3 Å². The normalized spacial score (nSPS) is 14.4. The number of hydrogen-bond acceptors (Lipinski definition) is 8. The van der Waals surface area contributed by atoms with Gasteiger partial charge in [0.25, 0.3) is 0 Å². The van der Waals surface area contributed by atoms with E-state index in [9.17, 15) is 27.6 Å². The van der Waals surface area contributed by atoms with Gasteiger partial charge in [0.15, 0.2) is 11.9 Å². The van der Waals surface area contributed by atoms with Crippen LogP contribution in [-0.2, 0) is 19.3 Å². The fraction of sp³-hybridized carbons (Fsp3) is 0.231. The first-order valence-corrected chi connectivity index (χ1v) is 12.6. The van der Waals surface area contributed by atoms with Crippen LogP contribution in [0.3, 0.4) is 0 Å². The second kappa shape index (κ2) is 9.19. The van der Waals surface area contributed by atoms with Gasteiger partial charge in [-0.1, -0.05) is 12.1 Å². The molecule has 1 unspecified atom stereocenters. The average Bonchev–Trinajstić information content (AvgIpc) is 3.15. The minimum atomic E-state index is -4.04. The Labute approximate surface area is 207 Å². The number of ketones is 2. The smallest absolute Gasteiger partial charge is 0.340 e. The molecule has 36 heavy (non-hydrogen) atoms. The van der Waals surface area contributed by atoms with Crippen LogP contribution in [-0.4, -0.2) is 49.6 Å². The standard InChI is InChI=1S/C26H23NO8S/c1-5-34-26(31)21-13(2)22(27-14(21)3)23(28)15(4)35-25(30)16-10-11-18-20(12-16)36(32,33)19-9-7-6-8-17(19)24(18)29/h6-12,15,27H,5H2,1-4H3. The van der Waals surface area contributed by atoms with Crippen LogP contribution in [0, 0.1) is 13.8 Å². The number of H-pyrrole nitrogens is 1. The van der Waals surface area contributed by atoms with E-state index >= 15 is 0 Å². The number of hydrogen-bond donors (Lipinski definition) is 1. The van der Waals surface area contributed by atoms with E-state index in [0.29, 0.717) is 11.3 Å². The van der Waals surface area contributed by atoms with Crippen molar-refractivity contribution in [3.63, 3.8) is 0 Å². The van der Waals surface area contributed by atoms with Gasteiger partial charge in [0, 0.05) is 16.8 Å². The highest BCUT2D eigenvalue weighted by Gasteiger charge is 2.35. The molecule has 4 rings (SSSR count). The molecule has 9 nitrogen and oxygen atoms in total. The molecule has 0 bridgehead atoms. The lowest BCUT2D eigenvalue weighted by molar-refractivity contribution is 0.0316. The van der Waals surface area contributed by atoms with Crippen LogP contribution in [0.25, 0.3) is 0 Å². The molecule has 1 atom stereocenters. The fourth-order valence-corrected chi connectivity index (χ4v) is 5.88. The lowest BCUT2D eigenvalue weighted by Crippen LogP contribution is -2.26. The molecule has 0 amide bonds. The number of carbonyl (C=O) groups is 4. The molecule has 0 radical (unpaired) electrons. The fourth-order valence-electron chi connectivity index (χ4n) is 4.20. The van der Waals surface area contributed by atoms with Gasteiger partial charge < -0.3 is 14.5 Å². The van der Waals surface area contributed by atoms with Gasteiger partial charge in [0.1, 0.15) is 0 Å². The number of rotatable bonds is 6. The number of aromatic amines is 1. The largest absolute Gasteiger partial charge is 0.462 e. The van der Waals surface area contributed by atoms with Gasteiger partial charge in [-0.25, -0.2) is 18.0 Å². The van der Waals surface area contributed by atoms with E-state index in [2.05, 4.69) is 4.98 Å². The molecule has 0 fully saturated rings. The average molecular weight is 510 g/mol. The van der Waals surface area contributed by atoms with Crippen LogP contribution in [0.5, 0.6) is 0 Å². The van der Waals surface area contributed by atoms with Crippen LogP contribution in [0.4, 0.5) is 0 Å². The van der Waals surface area contributed by atoms with Crippen molar-refractivity contribution in [1.82, 2.24) is 4.98 Å². The number of nitrogens with one attached hydrogen (secondary N) is 1. The molecule has 2 aromatic carbocycles. The number of fused-ring (bicyclic) bond motifs is 2. The Hall–Kier alpha value is -4.05. The second-order valence-electron chi connectivity index (χ2n) is 8.30. The summed E-state index contributed by atoms with van der Waals surface area (Å²) in [5.41, 5.74) is 1.05. The maximum atomic E-state index is 13.1. The summed E-state index contributed by atoms with van der Waals surface area (Å²) in [4.78, 5) is 53.2. The number of aromatic nitrogens is 1. The van der Waals surface area contributed by atoms with E-state index in [1.165, 1.54) is 37.3 Å². The molecule has 0 aliphatic carbocycles. The van der Waals surface area contributed by atoms with Crippen molar-refractivity contribution in [3.05, 3.63) is 81.7 Å². The van der Waals surface area contributed by atoms with Crippen LogP contribution >= 0.6 is 0 Å². The summed E-state index contributed by atoms with van der Waals surface area (Å²) in [5, 5.41) is 0. The summed E-state index contributed by atoms with van der Waals surface area (Å²) in [5.74, 6) is -2.55. The molecule has 0 saturated carbocycles. The second-order valence-corrected chi connectivity index (χ2v) is 10.2. The Balaban J connectivity index is 1.60. The first-order valence-electron chi connectivity index (χ1n) is 11.1. The van der Waals surface area contributed by atoms with E-state index in [1.54, 1.807) is 26.8 Å². The molecule has 1 aromatic heterocycles. The number of ether oxygens (including phenoxy) is 2. The first kappa shape index (κ1) is 25.1. The Bertz CT molecular complexity index is 1550. The number of aryl methyl sites for hydroxylation is 1. The van der Waals surface area contributed by atoms with Gasteiger partial charge >= 0.3 is 11.9 Å². The third-order valence-electron chi connectivity index (χ3n) is 5.99. The minimum Gasteiger partial charge on any atom is -0.462 e. The molecule has 3 aromatic rings. The zero-order valence-corrected chi connectivity index (χ0v) is 20.8. The third-order valence-corrected chi connectivity index (χ3v) is 7.84. The van der Waals surface area contributed by atoms with E-state index in [4.69, 9.17) is 9.47 Å². The molecule has 186 valence electrons. The molecular formula is C26H23NO8S. The van der Waals surface area contributed by atoms with Gasteiger partial charge in [0.2, 0.25) is 15.6 Å². The van der Waals surface area contributed by atoms with Gasteiger partial charge in [-0.05, 0) is 63.6 Å². The quantitative estimate of drug-likeness (QED) is 0.307. The molecule has 10 heteroatoms. The maximum absolute atomic E-state index is 13.1. The SMILES string of the molecule is CCOC(=O)c1c(C)[nH]c(C(=O)C(C)OC(=O)c2ccc3c(c2)S(=O)(=O)c2ccccc2C3=O)c1C. The van der Waals surface area contributed by atoms with Crippen molar-refractivity contribution in [2.45, 2.75) is 43.6 Å². The Morgan fingerprint density at radius 3 is 2.33 bits per heavy atom. The number of Topliss-reactive ketones (excluding diaryl/α,β-unsaturated/α-hetero) is 1. The Morgan fingerprint density at radius 1 is 0.972 bits per heavy atom. The van der Waals surface area contributed by atoms with Crippen molar-refractivity contribution >= 4 is 33.3 Å². The van der Waals surface area contributed by atoms with Crippen molar-refractivity contribution in [1.29, 1.82) is 0 Å². The first-order chi connectivity index (χ1) is 17.0. The van der Waals surface area contributed by atoms with Crippen molar-refractivity contribution in [2.75, 3.05) is 6.61 Å². The summed E-state index contributed by atoms with van der Waals surface area (Å²) < 4.78 is 36.6. The lowest BCUT2D eigenvalue weighted by Gasteiger charge is -2.19. The Morgan fingerprint density at radius 2 is 1.64 bits per heavy atom. The van der Waals surface area contributed by atoms with Crippen molar-refractivity contribution in [2.24, 2.45) is 0 Å². The van der Waals surface area contributed by atoms with Crippen LogP contribution in [0.2, 0.25) is 0 Å². The van der Waals surface area contributed by atoms with E-state index < -0.39 is 39.4 Å². The lowest BCUT2D eigenvalue weighted by atomic mass is 10.0. The molecule has 1 aliphatic rings. The zero-order valence-electron chi connectivity index (χ0n) is 20.0. The highest BCUT2D eigenvalue weighted by Crippen LogP contribution is 2.35. The minimum absolute atomic E-state index is 0.0432. The molecule has 1 N–H and O–H groups in total. The van der Waals surface area contributed by atoms with Gasteiger partial charge in [-0.2, -0.15) is 0 Å². The summed E-state index contributed by atoms with van der Waals surface area (Å²) in [6.07, 6.45) is -1.25. The predicted octanol–water partition coefficient (Wildman–Crippen LogP) is 3.61. The van der Waals surface area contributed by atoms with E-state index in [0.717, 1.165) is 6.07 Å². The van der Waals surface area contributed by atoms with Crippen molar-refractivity contribution in [3.8, 4) is 0 Å². The van der Waals surface area contributed by atoms with Crippen molar-refractivity contribution < 1.29 is 37.1 Å².